The second kappa shape index (κ2) is 11.9. The molecule has 0 bridgehead atoms. The average Bonchev–Trinajstić information content (AvgIpc) is 3.29. The van der Waals surface area contributed by atoms with Gasteiger partial charge in [0.2, 0.25) is 16.0 Å². The highest BCUT2D eigenvalue weighted by molar-refractivity contribution is 7.93. The van der Waals surface area contributed by atoms with Crippen molar-refractivity contribution in [3.63, 3.8) is 0 Å². The van der Waals surface area contributed by atoms with Crippen molar-refractivity contribution < 1.29 is 22.6 Å². The van der Waals surface area contributed by atoms with Gasteiger partial charge in [0.1, 0.15) is 18.0 Å². The molecule has 0 saturated heterocycles. The average molecular weight is 611 g/mol. The summed E-state index contributed by atoms with van der Waals surface area (Å²) in [6.45, 7) is 5.11. The molecule has 0 amide bonds. The van der Waals surface area contributed by atoms with Gasteiger partial charge in [0, 0.05) is 18.6 Å². The summed E-state index contributed by atoms with van der Waals surface area (Å²) in [5, 5.41) is 17.2. The van der Waals surface area contributed by atoms with Gasteiger partial charge in [-0.25, -0.2) is 23.4 Å². The fourth-order valence-corrected chi connectivity index (χ4v) is 5.74. The number of halogens is 1. The van der Waals surface area contributed by atoms with E-state index >= 15 is 0 Å². The molecule has 0 aliphatic carbocycles. The van der Waals surface area contributed by atoms with E-state index in [1.807, 2.05) is 6.07 Å². The Morgan fingerprint density at radius 2 is 1.93 bits per heavy atom. The van der Waals surface area contributed by atoms with Crippen LogP contribution >= 0.6 is 11.6 Å². The molecule has 3 atom stereocenters. The van der Waals surface area contributed by atoms with Gasteiger partial charge in [-0.15, -0.1) is 10.2 Å². The van der Waals surface area contributed by atoms with Gasteiger partial charge in [-0.05, 0) is 44.5 Å². The predicted octanol–water partition coefficient (Wildman–Crippen LogP) is 3.94. The zero-order valence-electron chi connectivity index (χ0n) is 23.1. The molecule has 1 N–H and O–H groups in total. The Kier molecular flexibility index (Phi) is 8.26. The number of ether oxygens (including phenoxy) is 3. The standard InChI is InChI=1S/C27H27ClN8O5S/c1-15(2)41-22(24-31-12-19(28)13-32-24)16(3)42(37,38)35-27-34-33-25-20-8-9-30-26(39-4)23(20)40-14-21(36(25)27)18-7-5-6-17(10-18)11-29/h5-10,12-13,15-16,21-22H,14H2,1-4H3,(H,34,35)/t16-,21+,22+/m0/s1. The molecule has 5 rings (SSSR count). The molecule has 4 aromatic rings. The minimum absolute atomic E-state index is 0.0386. The summed E-state index contributed by atoms with van der Waals surface area (Å²) >= 11 is 5.95. The van der Waals surface area contributed by atoms with Crippen LogP contribution in [0.15, 0.2) is 48.9 Å². The normalized spacial score (nSPS) is 15.9. The summed E-state index contributed by atoms with van der Waals surface area (Å²) in [6.07, 6.45) is 2.94. The van der Waals surface area contributed by atoms with Crippen molar-refractivity contribution >= 4 is 27.6 Å². The number of nitrogens with zero attached hydrogens (tertiary/aromatic N) is 7. The van der Waals surface area contributed by atoms with Crippen molar-refractivity contribution in [1.82, 2.24) is 29.7 Å². The van der Waals surface area contributed by atoms with Crippen LogP contribution in [0.1, 0.15) is 49.9 Å². The SMILES string of the molecule is COc1nccc2c1OC[C@H](c1cccc(C#N)c1)n1c(NS(=O)(=O)[C@@H](C)[C@@H](OC(C)C)c3ncc(Cl)cn3)nnc1-2. The van der Waals surface area contributed by atoms with Crippen LogP contribution < -0.4 is 14.2 Å². The van der Waals surface area contributed by atoms with E-state index < -0.39 is 27.4 Å². The van der Waals surface area contributed by atoms with Gasteiger partial charge in [-0.2, -0.15) is 5.26 Å². The molecule has 1 aliphatic rings. The molecular weight excluding hydrogens is 584 g/mol. The maximum absolute atomic E-state index is 13.9. The quantitative estimate of drug-likeness (QED) is 0.291. The lowest BCUT2D eigenvalue weighted by atomic mass is 10.0. The lowest BCUT2D eigenvalue weighted by molar-refractivity contribution is 0.00154. The summed E-state index contributed by atoms with van der Waals surface area (Å²) < 4.78 is 49.5. The summed E-state index contributed by atoms with van der Waals surface area (Å²) in [4.78, 5) is 12.6. The Morgan fingerprint density at radius 1 is 1.17 bits per heavy atom. The van der Waals surface area contributed by atoms with Gasteiger partial charge in [-0.3, -0.25) is 9.29 Å². The lowest BCUT2D eigenvalue weighted by Crippen LogP contribution is -2.35. The molecule has 218 valence electrons. The number of methoxy groups -OCH3 is 1. The third-order valence-corrected chi connectivity index (χ3v) is 8.45. The molecule has 1 aliphatic heterocycles. The van der Waals surface area contributed by atoms with Crippen LogP contribution in [0, 0.1) is 11.3 Å². The van der Waals surface area contributed by atoms with Crippen molar-refractivity contribution in [3.05, 3.63) is 70.9 Å². The van der Waals surface area contributed by atoms with Crippen LogP contribution in [0.2, 0.25) is 5.02 Å². The maximum Gasteiger partial charge on any atom is 0.257 e. The number of nitriles is 1. The Hall–Kier alpha value is -4.32. The third kappa shape index (κ3) is 5.71. The first-order valence-electron chi connectivity index (χ1n) is 12.9. The minimum Gasteiger partial charge on any atom is -0.485 e. The monoisotopic (exact) mass is 610 g/mol. The van der Waals surface area contributed by atoms with Crippen LogP contribution in [-0.4, -0.2) is 63.2 Å². The van der Waals surface area contributed by atoms with Gasteiger partial charge >= 0.3 is 0 Å². The topological polar surface area (TPSA) is 167 Å². The number of hydrogen-bond acceptors (Lipinski definition) is 11. The summed E-state index contributed by atoms with van der Waals surface area (Å²) in [5.41, 5.74) is 1.61. The van der Waals surface area contributed by atoms with Crippen LogP contribution in [0.3, 0.4) is 0 Å². The predicted molar refractivity (Wildman–Crippen MR) is 153 cm³/mol. The maximum atomic E-state index is 13.9. The largest absolute Gasteiger partial charge is 0.485 e. The second-order valence-corrected chi connectivity index (χ2v) is 12.2. The van der Waals surface area contributed by atoms with E-state index in [9.17, 15) is 13.7 Å². The molecule has 1 aromatic carbocycles. The number of sulfonamides is 1. The fraction of sp³-hybridized carbons (Fsp3) is 0.333. The molecule has 0 radical (unpaired) electrons. The zero-order valence-corrected chi connectivity index (χ0v) is 24.7. The van der Waals surface area contributed by atoms with E-state index in [1.165, 1.54) is 32.6 Å². The van der Waals surface area contributed by atoms with E-state index in [1.54, 1.807) is 42.7 Å². The van der Waals surface area contributed by atoms with Crippen molar-refractivity contribution in [3.8, 4) is 29.1 Å². The Balaban J connectivity index is 1.60. The van der Waals surface area contributed by atoms with Crippen molar-refractivity contribution in [2.24, 2.45) is 0 Å². The summed E-state index contributed by atoms with van der Waals surface area (Å²) in [7, 11) is -2.71. The molecule has 0 unspecified atom stereocenters. The molecule has 3 aromatic heterocycles. The van der Waals surface area contributed by atoms with Gasteiger partial charge in [-0.1, -0.05) is 23.7 Å². The Morgan fingerprint density at radius 3 is 2.62 bits per heavy atom. The number of rotatable bonds is 9. The molecule has 4 heterocycles. The number of benzene rings is 1. The van der Waals surface area contributed by atoms with Crippen LogP contribution in [-0.2, 0) is 14.8 Å². The van der Waals surface area contributed by atoms with E-state index in [2.05, 4.69) is 35.9 Å². The van der Waals surface area contributed by atoms with E-state index in [4.69, 9.17) is 25.8 Å². The lowest BCUT2D eigenvalue weighted by Gasteiger charge is -2.26. The fourth-order valence-electron chi connectivity index (χ4n) is 4.55. The Bertz CT molecular complexity index is 1740. The van der Waals surface area contributed by atoms with E-state index in [0.29, 0.717) is 33.3 Å². The number of fused-ring (bicyclic) bond motifs is 3. The summed E-state index contributed by atoms with van der Waals surface area (Å²) in [5.74, 6) is 0.995. The van der Waals surface area contributed by atoms with E-state index in [-0.39, 0.29) is 30.4 Å². The van der Waals surface area contributed by atoms with Crippen molar-refractivity contribution in [1.29, 1.82) is 5.26 Å². The smallest absolute Gasteiger partial charge is 0.257 e. The third-order valence-electron chi connectivity index (χ3n) is 6.56. The molecule has 0 spiro atoms. The number of anilines is 1. The van der Waals surface area contributed by atoms with Crippen LogP contribution in [0.4, 0.5) is 5.95 Å². The van der Waals surface area contributed by atoms with Gasteiger partial charge in [0.05, 0.1) is 41.5 Å². The summed E-state index contributed by atoms with van der Waals surface area (Å²) in [6, 6.07) is 10.1. The van der Waals surface area contributed by atoms with Crippen molar-refractivity contribution in [2.75, 3.05) is 18.4 Å². The number of nitrogens with one attached hydrogen (secondary N) is 1. The molecule has 15 heteroatoms. The molecular formula is C27H27ClN8O5S. The van der Waals surface area contributed by atoms with E-state index in [0.717, 1.165) is 0 Å². The Labute approximate surface area is 247 Å². The second-order valence-electron chi connectivity index (χ2n) is 9.70. The number of aromatic nitrogens is 6. The van der Waals surface area contributed by atoms with Gasteiger partial charge in [0.15, 0.2) is 17.4 Å². The number of hydrogen-bond donors (Lipinski definition) is 1. The zero-order chi connectivity index (χ0) is 30.0. The molecule has 42 heavy (non-hydrogen) atoms. The van der Waals surface area contributed by atoms with Gasteiger partial charge < -0.3 is 14.2 Å². The number of pyridine rings is 1. The molecule has 0 fully saturated rings. The van der Waals surface area contributed by atoms with Crippen molar-refractivity contribution in [2.45, 2.75) is 44.3 Å². The highest BCUT2D eigenvalue weighted by Gasteiger charge is 2.37. The first-order chi connectivity index (χ1) is 20.1. The van der Waals surface area contributed by atoms with Gasteiger partial charge in [0.25, 0.3) is 5.88 Å². The minimum atomic E-state index is -4.18. The molecule has 0 saturated carbocycles. The van der Waals surface area contributed by atoms with Crippen LogP contribution in [0.5, 0.6) is 11.6 Å². The first-order valence-corrected chi connectivity index (χ1v) is 14.8. The first kappa shape index (κ1) is 29.2. The molecule has 13 nitrogen and oxygen atoms in total. The highest BCUT2D eigenvalue weighted by Crippen LogP contribution is 2.42. The van der Waals surface area contributed by atoms with Crippen LogP contribution in [0.25, 0.3) is 11.4 Å². The highest BCUT2D eigenvalue weighted by atomic mass is 35.5.